The van der Waals surface area contributed by atoms with E-state index in [2.05, 4.69) is 52.8 Å². The number of aryl methyl sites for hydroxylation is 1. The molecule has 0 saturated carbocycles. The first-order valence-electron chi connectivity index (χ1n) is 10.3. The highest BCUT2D eigenvalue weighted by Crippen LogP contribution is 2.37. The highest BCUT2D eigenvalue weighted by Gasteiger charge is 2.20. The number of ether oxygens (including phenoxy) is 2. The maximum atomic E-state index is 10.3. The minimum absolute atomic E-state index is 0.380. The van der Waals surface area contributed by atoms with E-state index >= 15 is 0 Å². The lowest BCUT2D eigenvalue weighted by Gasteiger charge is -2.24. The number of benzene rings is 1. The zero-order valence-electron chi connectivity index (χ0n) is 19.4. The molecule has 0 aliphatic rings. The van der Waals surface area contributed by atoms with Crippen LogP contribution in [0.15, 0.2) is 34.9 Å². The number of hydrogen-bond donors (Lipinski definition) is 1. The molecule has 3 heteroatoms. The van der Waals surface area contributed by atoms with Gasteiger partial charge in [-0.25, -0.2) is 0 Å². The maximum Gasteiger partial charge on any atom is 0.164 e. The van der Waals surface area contributed by atoms with Gasteiger partial charge in [-0.05, 0) is 83.4 Å². The number of allylic oxidation sites excluding steroid dienone is 3. The van der Waals surface area contributed by atoms with E-state index < -0.39 is 5.60 Å². The third-order valence-electron chi connectivity index (χ3n) is 5.23. The van der Waals surface area contributed by atoms with Gasteiger partial charge in [0, 0.05) is 5.56 Å². The molecule has 0 saturated heterocycles. The highest BCUT2D eigenvalue weighted by molar-refractivity contribution is 5.51. The monoisotopic (exact) mass is 388 g/mol. The zero-order valence-corrected chi connectivity index (χ0v) is 19.4. The Hall–Kier alpha value is -1.74. The summed E-state index contributed by atoms with van der Waals surface area (Å²) in [6.45, 7) is 14.4. The first kappa shape index (κ1) is 24.3. The van der Waals surface area contributed by atoms with Gasteiger partial charge in [0.15, 0.2) is 11.5 Å². The van der Waals surface area contributed by atoms with E-state index in [1.807, 2.05) is 13.8 Å². The van der Waals surface area contributed by atoms with Crippen molar-refractivity contribution in [2.45, 2.75) is 85.7 Å². The Kier molecular flexibility index (Phi) is 9.29. The summed E-state index contributed by atoms with van der Waals surface area (Å²) in [5, 5.41) is 10.3. The number of hydrogen-bond acceptors (Lipinski definition) is 3. The molecule has 158 valence electrons. The molecule has 0 heterocycles. The second-order valence-electron chi connectivity index (χ2n) is 8.70. The van der Waals surface area contributed by atoms with Crippen molar-refractivity contribution in [3.05, 3.63) is 46.1 Å². The van der Waals surface area contributed by atoms with Crippen LogP contribution in [0.5, 0.6) is 11.5 Å². The Morgan fingerprint density at radius 2 is 1.71 bits per heavy atom. The molecule has 28 heavy (non-hydrogen) atoms. The Morgan fingerprint density at radius 1 is 1.07 bits per heavy atom. The van der Waals surface area contributed by atoms with Crippen molar-refractivity contribution in [3.63, 3.8) is 0 Å². The largest absolute Gasteiger partial charge is 0.493 e. The molecule has 1 N–H and O–H groups in total. The van der Waals surface area contributed by atoms with Crippen molar-refractivity contribution in [2.24, 2.45) is 0 Å². The lowest BCUT2D eigenvalue weighted by molar-refractivity contribution is 0.114. The minimum Gasteiger partial charge on any atom is -0.493 e. The molecule has 0 fully saturated rings. The molecule has 0 unspecified atom stereocenters. The molecule has 1 aromatic rings. The van der Waals surface area contributed by atoms with E-state index in [-0.39, 0.29) is 0 Å². The summed E-state index contributed by atoms with van der Waals surface area (Å²) in [4.78, 5) is 0. The molecule has 0 aromatic heterocycles. The summed E-state index contributed by atoms with van der Waals surface area (Å²) < 4.78 is 11.1. The average Bonchev–Trinajstić information content (AvgIpc) is 2.59. The molecular formula is C25H40O3. The van der Waals surface area contributed by atoms with Gasteiger partial charge in [0.05, 0.1) is 19.8 Å². The molecular weight excluding hydrogens is 348 g/mol. The quantitative estimate of drug-likeness (QED) is 0.459. The van der Waals surface area contributed by atoms with Gasteiger partial charge >= 0.3 is 0 Å². The van der Waals surface area contributed by atoms with Gasteiger partial charge < -0.3 is 14.6 Å². The van der Waals surface area contributed by atoms with Crippen LogP contribution in [0, 0.1) is 0 Å². The Balaban J connectivity index is 2.81. The average molecular weight is 389 g/mol. The van der Waals surface area contributed by atoms with Crippen LogP contribution in [-0.4, -0.2) is 24.9 Å². The van der Waals surface area contributed by atoms with Crippen LogP contribution >= 0.6 is 0 Å². The summed E-state index contributed by atoms with van der Waals surface area (Å²) in [5.41, 5.74) is 5.44. The van der Waals surface area contributed by atoms with E-state index in [1.165, 1.54) is 22.3 Å². The topological polar surface area (TPSA) is 38.7 Å². The summed E-state index contributed by atoms with van der Waals surface area (Å²) in [6, 6.07) is 4.33. The normalized spacial score (nSPS) is 12.3. The smallest absolute Gasteiger partial charge is 0.164 e. The van der Waals surface area contributed by atoms with Gasteiger partial charge in [-0.1, -0.05) is 37.1 Å². The van der Waals surface area contributed by atoms with Crippen molar-refractivity contribution >= 4 is 0 Å². The second-order valence-corrected chi connectivity index (χ2v) is 8.70. The third kappa shape index (κ3) is 7.01. The zero-order chi connectivity index (χ0) is 21.5. The van der Waals surface area contributed by atoms with Gasteiger partial charge in [0.25, 0.3) is 0 Å². The summed E-state index contributed by atoms with van der Waals surface area (Å²) in [5.74, 6) is 2.03. The van der Waals surface area contributed by atoms with Gasteiger partial charge in [0.2, 0.25) is 0 Å². The van der Waals surface area contributed by atoms with Gasteiger partial charge in [0.1, 0.15) is 0 Å². The number of aliphatic hydroxyl groups is 1. The van der Waals surface area contributed by atoms with Crippen LogP contribution in [0.3, 0.4) is 0 Å². The predicted molar refractivity (Wildman–Crippen MR) is 120 cm³/mol. The van der Waals surface area contributed by atoms with E-state index in [0.717, 1.165) is 42.8 Å². The highest BCUT2D eigenvalue weighted by atomic mass is 16.5. The van der Waals surface area contributed by atoms with Crippen molar-refractivity contribution in [3.8, 4) is 11.5 Å². The van der Waals surface area contributed by atoms with Gasteiger partial charge in [-0.15, -0.1) is 0 Å². The predicted octanol–water partition coefficient (Wildman–Crippen LogP) is 6.59. The Bertz CT molecular complexity index is 699. The number of methoxy groups -OCH3 is 2. The van der Waals surface area contributed by atoms with Crippen LogP contribution in [-0.2, 0) is 6.42 Å². The van der Waals surface area contributed by atoms with Gasteiger partial charge in [-0.3, -0.25) is 0 Å². The van der Waals surface area contributed by atoms with E-state index in [4.69, 9.17) is 9.47 Å². The van der Waals surface area contributed by atoms with Gasteiger partial charge in [-0.2, -0.15) is 0 Å². The maximum absolute atomic E-state index is 10.3. The summed E-state index contributed by atoms with van der Waals surface area (Å²) in [6.07, 6.45) is 6.17. The van der Waals surface area contributed by atoms with E-state index in [0.29, 0.717) is 5.92 Å². The molecule has 0 atom stereocenters. The fourth-order valence-corrected chi connectivity index (χ4v) is 3.70. The third-order valence-corrected chi connectivity index (χ3v) is 5.23. The molecule has 0 aliphatic carbocycles. The van der Waals surface area contributed by atoms with E-state index in [9.17, 15) is 5.11 Å². The standard InChI is InChI=1S/C25H40O3/c1-17(2)21-15-20(16-23(27-8)24(21)28-9)12-10-11-19(5)13-14-22(18(3)4)25(6,7)26/h11,15-17,26H,10,12-14H2,1-9H3/b19-11+. The van der Waals surface area contributed by atoms with Crippen molar-refractivity contribution < 1.29 is 14.6 Å². The van der Waals surface area contributed by atoms with Crippen LogP contribution in [0.1, 0.15) is 84.8 Å². The first-order valence-corrected chi connectivity index (χ1v) is 10.3. The van der Waals surface area contributed by atoms with Crippen LogP contribution in [0.2, 0.25) is 0 Å². The molecule has 3 nitrogen and oxygen atoms in total. The van der Waals surface area contributed by atoms with Crippen molar-refractivity contribution in [1.29, 1.82) is 0 Å². The lowest BCUT2D eigenvalue weighted by atomic mass is 9.89. The lowest BCUT2D eigenvalue weighted by Crippen LogP contribution is -2.23. The summed E-state index contributed by atoms with van der Waals surface area (Å²) in [7, 11) is 3.39. The van der Waals surface area contributed by atoms with Crippen molar-refractivity contribution in [1.82, 2.24) is 0 Å². The fraction of sp³-hybridized carbons (Fsp3) is 0.600. The molecule has 0 aliphatic heterocycles. The molecule has 0 spiro atoms. The number of rotatable bonds is 10. The van der Waals surface area contributed by atoms with E-state index in [1.54, 1.807) is 14.2 Å². The fourth-order valence-electron chi connectivity index (χ4n) is 3.70. The molecule has 0 bridgehead atoms. The van der Waals surface area contributed by atoms with Crippen molar-refractivity contribution in [2.75, 3.05) is 14.2 Å². The first-order chi connectivity index (χ1) is 13.0. The van der Waals surface area contributed by atoms with Crippen LogP contribution < -0.4 is 9.47 Å². The molecule has 0 radical (unpaired) electrons. The molecule has 0 amide bonds. The second kappa shape index (κ2) is 10.7. The Morgan fingerprint density at radius 3 is 2.18 bits per heavy atom. The molecule has 1 aromatic carbocycles. The molecule has 1 rings (SSSR count). The minimum atomic E-state index is -0.744. The summed E-state index contributed by atoms with van der Waals surface area (Å²) >= 11 is 0. The Labute approximate surface area is 172 Å². The van der Waals surface area contributed by atoms with Crippen LogP contribution in [0.25, 0.3) is 0 Å². The van der Waals surface area contributed by atoms with Crippen LogP contribution in [0.4, 0.5) is 0 Å². The SMILES string of the molecule is COc1cc(CC/C=C(\C)CCC(=C(C)C)C(C)(C)O)cc(C(C)C)c1OC.